The number of anilines is 1. The van der Waals surface area contributed by atoms with E-state index in [2.05, 4.69) is 15.6 Å². The summed E-state index contributed by atoms with van der Waals surface area (Å²) in [6.07, 6.45) is 0.499. The van der Waals surface area contributed by atoms with E-state index in [9.17, 15) is 14.4 Å². The minimum absolute atomic E-state index is 0.128. The van der Waals surface area contributed by atoms with Gasteiger partial charge in [0, 0.05) is 43.1 Å². The Morgan fingerprint density at radius 3 is 2.50 bits per heavy atom. The standard InChI is InChI=1S/C21H26ClN5O4S/c1-2-31-21(30)27-11-9-26(10-12-27)20(29)25-19-24-17(14-32-19)13-18(28)23-8-7-15-3-5-16(22)6-4-15/h3-6,14H,2,7-13H2,1H3,(H,23,28)(H,24,25,29). The van der Waals surface area contributed by atoms with Crippen LogP contribution in [0.5, 0.6) is 0 Å². The average Bonchev–Trinajstić information content (AvgIpc) is 3.22. The fourth-order valence-corrected chi connectivity index (χ4v) is 3.97. The van der Waals surface area contributed by atoms with Gasteiger partial charge in [0.2, 0.25) is 5.91 Å². The number of aromatic nitrogens is 1. The Morgan fingerprint density at radius 2 is 1.81 bits per heavy atom. The molecule has 1 aliphatic heterocycles. The number of hydrogen-bond donors (Lipinski definition) is 2. The number of benzene rings is 1. The van der Waals surface area contributed by atoms with Crippen molar-refractivity contribution in [1.82, 2.24) is 20.1 Å². The molecule has 0 bridgehead atoms. The van der Waals surface area contributed by atoms with Gasteiger partial charge in [-0.1, -0.05) is 23.7 Å². The Kier molecular flexibility index (Phi) is 8.69. The largest absolute Gasteiger partial charge is 0.450 e. The topological polar surface area (TPSA) is 104 Å². The molecular weight excluding hydrogens is 454 g/mol. The number of thiazole rings is 1. The predicted molar refractivity (Wildman–Crippen MR) is 123 cm³/mol. The monoisotopic (exact) mass is 479 g/mol. The Morgan fingerprint density at radius 1 is 1.12 bits per heavy atom. The minimum atomic E-state index is -0.358. The van der Waals surface area contributed by atoms with Crippen LogP contribution in [-0.2, 0) is 22.4 Å². The van der Waals surface area contributed by atoms with Crippen molar-refractivity contribution >= 4 is 46.1 Å². The van der Waals surface area contributed by atoms with Gasteiger partial charge in [0.1, 0.15) is 0 Å². The molecular formula is C21H26ClN5O4S. The highest BCUT2D eigenvalue weighted by Gasteiger charge is 2.25. The summed E-state index contributed by atoms with van der Waals surface area (Å²) >= 11 is 7.14. The lowest BCUT2D eigenvalue weighted by Gasteiger charge is -2.33. The van der Waals surface area contributed by atoms with Gasteiger partial charge in [-0.25, -0.2) is 14.6 Å². The van der Waals surface area contributed by atoms with Crippen molar-refractivity contribution in [2.75, 3.05) is 44.6 Å². The zero-order chi connectivity index (χ0) is 22.9. The van der Waals surface area contributed by atoms with Gasteiger partial charge in [-0.05, 0) is 31.0 Å². The van der Waals surface area contributed by atoms with Crippen molar-refractivity contribution in [1.29, 1.82) is 0 Å². The molecule has 1 aliphatic rings. The number of nitrogens with one attached hydrogen (secondary N) is 2. The molecule has 0 atom stereocenters. The molecule has 0 aliphatic carbocycles. The molecule has 2 aromatic rings. The molecule has 172 valence electrons. The Balaban J connectivity index is 1.38. The molecule has 0 spiro atoms. The molecule has 1 fully saturated rings. The first-order valence-corrected chi connectivity index (χ1v) is 11.6. The molecule has 32 heavy (non-hydrogen) atoms. The second-order valence-electron chi connectivity index (χ2n) is 7.15. The van der Waals surface area contributed by atoms with E-state index in [1.54, 1.807) is 22.1 Å². The van der Waals surface area contributed by atoms with Crippen LogP contribution in [0.15, 0.2) is 29.6 Å². The summed E-state index contributed by atoms with van der Waals surface area (Å²) in [5.74, 6) is -0.128. The highest BCUT2D eigenvalue weighted by molar-refractivity contribution is 7.13. The number of amides is 4. The first-order valence-electron chi connectivity index (χ1n) is 10.4. The third-order valence-corrected chi connectivity index (χ3v) is 5.91. The number of halogens is 1. The normalized spacial score (nSPS) is 13.6. The number of ether oxygens (including phenoxy) is 1. The van der Waals surface area contributed by atoms with Crippen molar-refractivity contribution in [3.05, 3.63) is 45.9 Å². The van der Waals surface area contributed by atoms with Crippen LogP contribution in [0.25, 0.3) is 0 Å². The maximum Gasteiger partial charge on any atom is 0.409 e. The van der Waals surface area contributed by atoms with Crippen molar-refractivity contribution in [3.8, 4) is 0 Å². The first kappa shape index (κ1) is 23.8. The van der Waals surface area contributed by atoms with Crippen molar-refractivity contribution in [2.45, 2.75) is 19.8 Å². The van der Waals surface area contributed by atoms with Crippen LogP contribution >= 0.6 is 22.9 Å². The molecule has 2 N–H and O–H groups in total. The molecule has 0 radical (unpaired) electrons. The van der Waals surface area contributed by atoms with Crippen molar-refractivity contribution < 1.29 is 19.1 Å². The molecule has 1 aromatic carbocycles. The first-order chi connectivity index (χ1) is 15.4. The smallest absolute Gasteiger partial charge is 0.409 e. The zero-order valence-electron chi connectivity index (χ0n) is 17.8. The summed E-state index contributed by atoms with van der Waals surface area (Å²) in [6.45, 7) is 4.28. The van der Waals surface area contributed by atoms with E-state index in [1.165, 1.54) is 11.3 Å². The molecule has 9 nitrogen and oxygen atoms in total. The summed E-state index contributed by atoms with van der Waals surface area (Å²) in [6, 6.07) is 7.23. The van der Waals surface area contributed by atoms with Gasteiger partial charge in [0.05, 0.1) is 18.7 Å². The van der Waals surface area contributed by atoms with E-state index in [1.807, 2.05) is 24.3 Å². The van der Waals surface area contributed by atoms with E-state index in [-0.39, 0.29) is 24.5 Å². The Hall–Kier alpha value is -2.85. The lowest BCUT2D eigenvalue weighted by atomic mass is 10.1. The van der Waals surface area contributed by atoms with Gasteiger partial charge in [-0.3, -0.25) is 10.1 Å². The lowest BCUT2D eigenvalue weighted by Crippen LogP contribution is -2.51. The van der Waals surface area contributed by atoms with Crippen LogP contribution in [0.3, 0.4) is 0 Å². The third kappa shape index (κ3) is 7.10. The number of hydrogen-bond acceptors (Lipinski definition) is 6. The van der Waals surface area contributed by atoms with Gasteiger partial charge in [0.25, 0.3) is 0 Å². The zero-order valence-corrected chi connectivity index (χ0v) is 19.4. The molecule has 0 saturated carbocycles. The Labute approximate surface area is 195 Å². The summed E-state index contributed by atoms with van der Waals surface area (Å²) in [4.78, 5) is 43.9. The van der Waals surface area contributed by atoms with Crippen LogP contribution < -0.4 is 10.6 Å². The molecule has 2 heterocycles. The van der Waals surface area contributed by atoms with Gasteiger partial charge >= 0.3 is 12.1 Å². The van der Waals surface area contributed by atoms with E-state index >= 15 is 0 Å². The predicted octanol–water partition coefficient (Wildman–Crippen LogP) is 3.00. The van der Waals surface area contributed by atoms with E-state index in [0.29, 0.717) is 61.6 Å². The average molecular weight is 480 g/mol. The van der Waals surface area contributed by atoms with E-state index in [0.717, 1.165) is 5.56 Å². The van der Waals surface area contributed by atoms with Crippen LogP contribution in [0.1, 0.15) is 18.2 Å². The van der Waals surface area contributed by atoms with Crippen molar-refractivity contribution in [3.63, 3.8) is 0 Å². The summed E-state index contributed by atoms with van der Waals surface area (Å²) in [5.41, 5.74) is 1.69. The SMILES string of the molecule is CCOC(=O)N1CCN(C(=O)Nc2nc(CC(=O)NCCc3ccc(Cl)cc3)cs2)CC1. The second kappa shape index (κ2) is 11.7. The summed E-state index contributed by atoms with van der Waals surface area (Å²) in [5, 5.41) is 8.51. The van der Waals surface area contributed by atoms with Crippen LogP contribution in [0, 0.1) is 0 Å². The number of carbonyl (C=O) groups is 3. The second-order valence-corrected chi connectivity index (χ2v) is 8.44. The van der Waals surface area contributed by atoms with Crippen LogP contribution in [0.2, 0.25) is 5.02 Å². The molecule has 1 saturated heterocycles. The molecule has 3 rings (SSSR count). The highest BCUT2D eigenvalue weighted by Crippen LogP contribution is 2.17. The fraction of sp³-hybridized carbons (Fsp3) is 0.429. The maximum atomic E-state index is 12.5. The number of rotatable bonds is 7. The number of piperazine rings is 1. The quantitative estimate of drug-likeness (QED) is 0.635. The fourth-order valence-electron chi connectivity index (χ4n) is 3.15. The molecule has 1 aromatic heterocycles. The minimum Gasteiger partial charge on any atom is -0.450 e. The molecule has 11 heteroatoms. The molecule has 4 amide bonds. The van der Waals surface area contributed by atoms with E-state index < -0.39 is 0 Å². The third-order valence-electron chi connectivity index (χ3n) is 4.85. The summed E-state index contributed by atoms with van der Waals surface area (Å²) in [7, 11) is 0. The van der Waals surface area contributed by atoms with Gasteiger partial charge in [-0.15, -0.1) is 11.3 Å². The van der Waals surface area contributed by atoms with E-state index in [4.69, 9.17) is 16.3 Å². The number of nitrogens with zero attached hydrogens (tertiary/aromatic N) is 3. The van der Waals surface area contributed by atoms with Crippen LogP contribution in [-0.4, -0.2) is 72.1 Å². The summed E-state index contributed by atoms with van der Waals surface area (Å²) < 4.78 is 4.98. The van der Waals surface area contributed by atoms with Gasteiger partial charge in [-0.2, -0.15) is 0 Å². The van der Waals surface area contributed by atoms with Gasteiger partial charge < -0.3 is 19.9 Å². The lowest BCUT2D eigenvalue weighted by molar-refractivity contribution is -0.120. The van der Waals surface area contributed by atoms with Gasteiger partial charge in [0.15, 0.2) is 5.13 Å². The molecule has 0 unspecified atom stereocenters. The van der Waals surface area contributed by atoms with Crippen molar-refractivity contribution in [2.24, 2.45) is 0 Å². The highest BCUT2D eigenvalue weighted by atomic mass is 35.5. The number of carbonyl (C=O) groups excluding carboxylic acids is 3. The number of urea groups is 1. The Bertz CT molecular complexity index is 929. The van der Waals surface area contributed by atoms with Crippen LogP contribution in [0.4, 0.5) is 14.7 Å². The maximum absolute atomic E-state index is 12.5.